The first-order valence-corrected chi connectivity index (χ1v) is 15.1. The summed E-state index contributed by atoms with van der Waals surface area (Å²) in [7, 11) is -4.15. The third kappa shape index (κ3) is 7.86. The molecular weight excluding hydrogens is 546 g/mol. The molecule has 3 aromatic rings. The number of aryl methyl sites for hydroxylation is 2. The fourth-order valence-electron chi connectivity index (χ4n) is 4.36. The van der Waals surface area contributed by atoms with Crippen molar-refractivity contribution in [3.63, 3.8) is 0 Å². The molecule has 0 aromatic heterocycles. The van der Waals surface area contributed by atoms with Crippen molar-refractivity contribution in [1.82, 2.24) is 10.2 Å². The van der Waals surface area contributed by atoms with E-state index in [9.17, 15) is 18.0 Å². The lowest BCUT2D eigenvalue weighted by molar-refractivity contribution is -0.141. The summed E-state index contributed by atoms with van der Waals surface area (Å²) in [5, 5.41) is 3.36. The number of carbonyl (C=O) groups excluding carboxylic acids is 2. The van der Waals surface area contributed by atoms with Gasteiger partial charge in [0.2, 0.25) is 11.8 Å². The molecule has 0 aliphatic carbocycles. The van der Waals surface area contributed by atoms with Crippen molar-refractivity contribution in [2.24, 2.45) is 0 Å². The quantitative estimate of drug-likeness (QED) is 0.323. The van der Waals surface area contributed by atoms with Gasteiger partial charge in [0.15, 0.2) is 0 Å². The van der Waals surface area contributed by atoms with E-state index in [1.165, 1.54) is 17.0 Å². The van der Waals surface area contributed by atoms with Crippen LogP contribution in [0.3, 0.4) is 0 Å². The minimum absolute atomic E-state index is 0.0437. The van der Waals surface area contributed by atoms with E-state index in [0.717, 1.165) is 21.0 Å². The number of sulfonamides is 1. The molecule has 0 bridgehead atoms. The van der Waals surface area contributed by atoms with Gasteiger partial charge in [-0.2, -0.15) is 0 Å². The van der Waals surface area contributed by atoms with E-state index in [2.05, 4.69) is 5.32 Å². The molecule has 3 rings (SSSR count). The highest BCUT2D eigenvalue weighted by Crippen LogP contribution is 2.28. The van der Waals surface area contributed by atoms with E-state index < -0.39 is 34.1 Å². The summed E-state index contributed by atoms with van der Waals surface area (Å²) in [5.74, 6) is -0.805. The molecule has 3 aromatic carbocycles. The second kappa shape index (κ2) is 12.9. The minimum atomic E-state index is -4.15. The number of carbonyl (C=O) groups is 2. The van der Waals surface area contributed by atoms with Gasteiger partial charge in [-0.1, -0.05) is 72.6 Å². The predicted molar refractivity (Wildman–Crippen MR) is 161 cm³/mol. The van der Waals surface area contributed by atoms with Crippen molar-refractivity contribution in [2.75, 3.05) is 10.8 Å². The molecule has 1 atom stereocenters. The smallest absolute Gasteiger partial charge is 0.264 e. The van der Waals surface area contributed by atoms with Crippen LogP contribution in [0.15, 0.2) is 77.7 Å². The minimum Gasteiger partial charge on any atom is -0.350 e. The molecule has 0 radical (unpaired) electrons. The van der Waals surface area contributed by atoms with Crippen molar-refractivity contribution < 1.29 is 18.0 Å². The van der Waals surface area contributed by atoms with Crippen LogP contribution in [0.1, 0.15) is 50.8 Å². The lowest BCUT2D eigenvalue weighted by Crippen LogP contribution is -2.55. The zero-order valence-corrected chi connectivity index (χ0v) is 25.5. The first-order chi connectivity index (χ1) is 18.7. The zero-order chi connectivity index (χ0) is 29.7. The SMILES string of the molecule is CC[C@H](C(=O)NC(C)(C)C)N(Cc1cccc(C)c1)C(=O)CN(c1ccc(C)c(Cl)c1)S(=O)(=O)c1ccccc1. The van der Waals surface area contributed by atoms with E-state index >= 15 is 0 Å². The summed E-state index contributed by atoms with van der Waals surface area (Å²) in [6.45, 7) is 10.9. The van der Waals surface area contributed by atoms with Crippen LogP contribution in [0.5, 0.6) is 0 Å². The number of hydrogen-bond donors (Lipinski definition) is 1. The Morgan fingerprint density at radius 1 is 0.950 bits per heavy atom. The van der Waals surface area contributed by atoms with Crippen LogP contribution in [0, 0.1) is 13.8 Å². The fraction of sp³-hybridized carbons (Fsp3) is 0.355. The Labute approximate surface area is 243 Å². The van der Waals surface area contributed by atoms with Crippen LogP contribution in [0.4, 0.5) is 5.69 Å². The largest absolute Gasteiger partial charge is 0.350 e. The second-order valence-corrected chi connectivity index (χ2v) is 13.2. The lowest BCUT2D eigenvalue weighted by Gasteiger charge is -2.35. The Morgan fingerprint density at radius 3 is 2.20 bits per heavy atom. The molecule has 0 aliphatic heterocycles. The number of amides is 2. The Hall–Kier alpha value is -3.36. The number of benzene rings is 3. The fourth-order valence-corrected chi connectivity index (χ4v) is 5.97. The number of rotatable bonds is 10. The first kappa shape index (κ1) is 31.2. The van der Waals surface area contributed by atoms with Crippen LogP contribution in [0.25, 0.3) is 0 Å². The topological polar surface area (TPSA) is 86.8 Å². The normalized spacial score (nSPS) is 12.5. The van der Waals surface area contributed by atoms with Gasteiger partial charge in [-0.05, 0) is 76.4 Å². The molecule has 0 fully saturated rings. The second-order valence-electron chi connectivity index (χ2n) is 10.9. The van der Waals surface area contributed by atoms with Gasteiger partial charge < -0.3 is 10.2 Å². The summed E-state index contributed by atoms with van der Waals surface area (Å²) in [4.78, 5) is 29.0. The highest BCUT2D eigenvalue weighted by Gasteiger charge is 2.34. The Morgan fingerprint density at radius 2 is 1.62 bits per heavy atom. The molecule has 7 nitrogen and oxygen atoms in total. The van der Waals surface area contributed by atoms with E-state index in [-0.39, 0.29) is 23.0 Å². The molecule has 9 heteroatoms. The van der Waals surface area contributed by atoms with Gasteiger partial charge in [-0.3, -0.25) is 13.9 Å². The Bertz CT molecular complexity index is 1450. The molecular formula is C31H38ClN3O4S. The molecule has 0 saturated carbocycles. The number of hydrogen-bond acceptors (Lipinski definition) is 4. The van der Waals surface area contributed by atoms with Crippen LogP contribution in [-0.2, 0) is 26.2 Å². The summed E-state index contributed by atoms with van der Waals surface area (Å²) >= 11 is 6.38. The van der Waals surface area contributed by atoms with Gasteiger partial charge in [0.05, 0.1) is 10.6 Å². The third-order valence-corrected chi connectivity index (χ3v) is 8.57. The third-order valence-electron chi connectivity index (χ3n) is 6.37. The molecule has 0 aliphatic rings. The van der Waals surface area contributed by atoms with E-state index in [1.807, 2.05) is 65.8 Å². The van der Waals surface area contributed by atoms with Crippen molar-refractivity contribution >= 4 is 39.1 Å². The van der Waals surface area contributed by atoms with Gasteiger partial charge >= 0.3 is 0 Å². The van der Waals surface area contributed by atoms with E-state index in [1.54, 1.807) is 36.4 Å². The van der Waals surface area contributed by atoms with E-state index in [0.29, 0.717) is 11.4 Å². The highest BCUT2D eigenvalue weighted by molar-refractivity contribution is 7.92. The number of halogens is 1. The Balaban J connectivity index is 2.09. The number of nitrogens with zero attached hydrogens (tertiary/aromatic N) is 2. The summed E-state index contributed by atoms with van der Waals surface area (Å²) < 4.78 is 28.8. The van der Waals surface area contributed by atoms with Crippen LogP contribution < -0.4 is 9.62 Å². The lowest BCUT2D eigenvalue weighted by atomic mass is 10.0. The van der Waals surface area contributed by atoms with Gasteiger partial charge in [0.1, 0.15) is 12.6 Å². The maximum absolute atomic E-state index is 14.1. The van der Waals surface area contributed by atoms with Crippen LogP contribution >= 0.6 is 11.6 Å². The van der Waals surface area contributed by atoms with Gasteiger partial charge in [-0.15, -0.1) is 0 Å². The summed E-state index contributed by atoms with van der Waals surface area (Å²) in [6, 6.07) is 19.7. The van der Waals surface area contributed by atoms with Crippen molar-refractivity contribution in [3.05, 3.63) is 94.5 Å². The first-order valence-electron chi connectivity index (χ1n) is 13.2. The maximum Gasteiger partial charge on any atom is 0.264 e. The van der Waals surface area contributed by atoms with Crippen LogP contribution in [-0.4, -0.2) is 43.3 Å². The zero-order valence-electron chi connectivity index (χ0n) is 23.9. The average molecular weight is 584 g/mol. The number of anilines is 1. The maximum atomic E-state index is 14.1. The molecule has 1 N–H and O–H groups in total. The van der Waals surface area contributed by atoms with Gasteiger partial charge in [0, 0.05) is 17.1 Å². The monoisotopic (exact) mass is 583 g/mol. The van der Waals surface area contributed by atoms with Crippen molar-refractivity contribution in [1.29, 1.82) is 0 Å². The predicted octanol–water partition coefficient (Wildman–Crippen LogP) is 5.87. The van der Waals surface area contributed by atoms with Gasteiger partial charge in [-0.25, -0.2) is 8.42 Å². The molecule has 0 unspecified atom stereocenters. The standard InChI is InChI=1S/C31H38ClN3O4S/c1-7-28(30(37)33-31(4,5)6)34(20-24-13-11-12-22(2)18-24)29(36)21-35(25-17-16-23(3)27(32)19-25)40(38,39)26-14-9-8-10-15-26/h8-19,28H,7,20-21H2,1-6H3,(H,33,37)/t28-/m1/s1. The molecule has 0 spiro atoms. The Kier molecular flexibility index (Phi) is 10.0. The number of nitrogens with one attached hydrogen (secondary N) is 1. The van der Waals surface area contributed by atoms with Crippen LogP contribution in [0.2, 0.25) is 5.02 Å². The molecule has 2 amide bonds. The summed E-state index contributed by atoms with van der Waals surface area (Å²) in [6.07, 6.45) is 0.348. The highest BCUT2D eigenvalue weighted by atomic mass is 35.5. The van der Waals surface area contributed by atoms with Crippen molar-refractivity contribution in [3.8, 4) is 0 Å². The van der Waals surface area contributed by atoms with Crippen molar-refractivity contribution in [2.45, 2.75) is 71.0 Å². The van der Waals surface area contributed by atoms with E-state index in [4.69, 9.17) is 11.6 Å². The van der Waals surface area contributed by atoms with Gasteiger partial charge in [0.25, 0.3) is 10.0 Å². The molecule has 214 valence electrons. The molecule has 40 heavy (non-hydrogen) atoms. The molecule has 0 saturated heterocycles. The summed E-state index contributed by atoms with van der Waals surface area (Å²) in [5.41, 5.74) is 2.38. The molecule has 0 heterocycles. The average Bonchev–Trinajstić information content (AvgIpc) is 2.88.